The van der Waals surface area contributed by atoms with E-state index in [1.54, 1.807) is 7.11 Å². The Balaban J connectivity index is 2.47. The molecule has 0 heterocycles. The number of nitrogens with two attached hydrogens (primary N) is 1. The zero-order chi connectivity index (χ0) is 11.8. The summed E-state index contributed by atoms with van der Waals surface area (Å²) in [6.45, 7) is 4.53. The molecule has 0 amide bonds. The van der Waals surface area contributed by atoms with Gasteiger partial charge in [-0.05, 0) is 19.3 Å². The number of hydrazine groups is 1. The molecular formula is C11H24N4O. The average Bonchev–Trinajstić information content (AvgIpc) is 3.11. The molecule has 0 aromatic heterocycles. The Labute approximate surface area is 98.0 Å². The van der Waals surface area contributed by atoms with Gasteiger partial charge in [0.05, 0.1) is 13.2 Å². The van der Waals surface area contributed by atoms with Crippen molar-refractivity contribution < 1.29 is 4.74 Å². The highest BCUT2D eigenvalue weighted by Gasteiger charge is 2.30. The summed E-state index contributed by atoms with van der Waals surface area (Å²) < 4.78 is 4.98. The van der Waals surface area contributed by atoms with E-state index in [2.05, 4.69) is 22.2 Å². The molecule has 1 rings (SSSR count). The van der Waals surface area contributed by atoms with E-state index in [1.807, 2.05) is 0 Å². The third kappa shape index (κ3) is 4.37. The number of hydrogen-bond acceptors (Lipinski definition) is 3. The summed E-state index contributed by atoms with van der Waals surface area (Å²) in [6.07, 6.45) is 4.89. The van der Waals surface area contributed by atoms with Crippen LogP contribution in [0, 0.1) is 0 Å². The first-order chi connectivity index (χ1) is 7.83. The van der Waals surface area contributed by atoms with Crippen LogP contribution in [0.15, 0.2) is 4.99 Å². The van der Waals surface area contributed by atoms with Crippen LogP contribution in [0.1, 0.15) is 32.6 Å². The summed E-state index contributed by atoms with van der Waals surface area (Å²) in [6, 6.07) is 0.642. The number of nitrogens with one attached hydrogen (secondary N) is 1. The van der Waals surface area contributed by atoms with Crippen molar-refractivity contribution in [2.24, 2.45) is 10.8 Å². The lowest BCUT2D eigenvalue weighted by Gasteiger charge is -2.25. The van der Waals surface area contributed by atoms with Gasteiger partial charge in [-0.25, -0.2) is 10.8 Å². The van der Waals surface area contributed by atoms with Crippen molar-refractivity contribution in [3.63, 3.8) is 0 Å². The van der Waals surface area contributed by atoms with Gasteiger partial charge in [-0.3, -0.25) is 5.43 Å². The molecule has 1 fully saturated rings. The van der Waals surface area contributed by atoms with Crippen molar-refractivity contribution in [2.45, 2.75) is 38.6 Å². The van der Waals surface area contributed by atoms with Gasteiger partial charge in [0, 0.05) is 19.7 Å². The normalized spacial score (nSPS) is 16.3. The third-order valence-electron chi connectivity index (χ3n) is 2.70. The molecule has 16 heavy (non-hydrogen) atoms. The summed E-state index contributed by atoms with van der Waals surface area (Å²) in [5.74, 6) is 6.34. The molecule has 3 N–H and O–H groups in total. The quantitative estimate of drug-likeness (QED) is 0.221. The van der Waals surface area contributed by atoms with E-state index < -0.39 is 0 Å². The molecule has 1 aliphatic carbocycles. The van der Waals surface area contributed by atoms with Gasteiger partial charge in [0.25, 0.3) is 0 Å². The number of aliphatic imine (C=N–C) groups is 1. The highest BCUT2D eigenvalue weighted by Crippen LogP contribution is 2.27. The Hall–Kier alpha value is -0.810. The molecule has 0 atom stereocenters. The minimum atomic E-state index is 0.636. The van der Waals surface area contributed by atoms with Crippen LogP contribution in [0.5, 0.6) is 0 Å². The number of rotatable bonds is 7. The third-order valence-corrected chi connectivity index (χ3v) is 2.70. The van der Waals surface area contributed by atoms with Gasteiger partial charge in [0.15, 0.2) is 0 Å². The van der Waals surface area contributed by atoms with E-state index in [1.165, 1.54) is 25.7 Å². The molecule has 94 valence electrons. The number of guanidine groups is 1. The number of hydrogen-bond donors (Lipinski definition) is 2. The second kappa shape index (κ2) is 7.46. The van der Waals surface area contributed by atoms with E-state index in [9.17, 15) is 0 Å². The second-order valence-corrected chi connectivity index (χ2v) is 4.12. The summed E-state index contributed by atoms with van der Waals surface area (Å²) in [5, 5.41) is 0. The lowest BCUT2D eigenvalue weighted by atomic mass is 10.3. The van der Waals surface area contributed by atoms with Gasteiger partial charge >= 0.3 is 0 Å². The molecule has 0 spiro atoms. The Morgan fingerprint density at radius 2 is 2.31 bits per heavy atom. The second-order valence-electron chi connectivity index (χ2n) is 4.12. The molecule has 0 aromatic carbocycles. The number of methoxy groups -OCH3 is 1. The fourth-order valence-corrected chi connectivity index (χ4v) is 1.64. The fraction of sp³-hybridized carbons (Fsp3) is 0.909. The molecule has 1 saturated carbocycles. The van der Waals surface area contributed by atoms with Crippen LogP contribution in [0.3, 0.4) is 0 Å². The van der Waals surface area contributed by atoms with Crippen LogP contribution >= 0.6 is 0 Å². The summed E-state index contributed by atoms with van der Waals surface area (Å²) in [4.78, 5) is 6.72. The van der Waals surface area contributed by atoms with Crippen LogP contribution in [-0.4, -0.2) is 43.7 Å². The minimum Gasteiger partial charge on any atom is -0.383 e. The summed E-state index contributed by atoms with van der Waals surface area (Å²) >= 11 is 0. The molecule has 1 aliphatic rings. The van der Waals surface area contributed by atoms with Gasteiger partial charge < -0.3 is 9.64 Å². The first-order valence-corrected chi connectivity index (χ1v) is 6.10. The monoisotopic (exact) mass is 228 g/mol. The maximum absolute atomic E-state index is 5.53. The number of ether oxygens (including phenoxy) is 1. The molecule has 0 radical (unpaired) electrons. The molecule has 5 nitrogen and oxygen atoms in total. The Morgan fingerprint density at radius 1 is 1.56 bits per heavy atom. The lowest BCUT2D eigenvalue weighted by molar-refractivity contribution is 0.207. The SMILES string of the molecule is CCCCN(C(=NCCOC)NN)C1CC1. The predicted molar refractivity (Wildman–Crippen MR) is 66.1 cm³/mol. The van der Waals surface area contributed by atoms with Gasteiger partial charge in [-0.1, -0.05) is 13.3 Å². The van der Waals surface area contributed by atoms with Crippen LogP contribution < -0.4 is 11.3 Å². The maximum Gasteiger partial charge on any atom is 0.208 e. The topological polar surface area (TPSA) is 62.9 Å². The lowest BCUT2D eigenvalue weighted by Crippen LogP contribution is -2.46. The van der Waals surface area contributed by atoms with Gasteiger partial charge in [0.2, 0.25) is 5.96 Å². The number of unbranched alkanes of at least 4 members (excludes halogenated alkanes) is 1. The number of nitrogens with zero attached hydrogens (tertiary/aromatic N) is 2. The maximum atomic E-state index is 5.53. The molecule has 0 unspecified atom stereocenters. The molecule has 0 bridgehead atoms. The van der Waals surface area contributed by atoms with Crippen molar-refractivity contribution in [1.82, 2.24) is 10.3 Å². The van der Waals surface area contributed by atoms with Crippen molar-refractivity contribution in [2.75, 3.05) is 26.8 Å². The molecule has 5 heteroatoms. The van der Waals surface area contributed by atoms with Crippen LogP contribution in [0.25, 0.3) is 0 Å². The fourth-order valence-electron chi connectivity index (χ4n) is 1.64. The van der Waals surface area contributed by atoms with Crippen LogP contribution in [0.2, 0.25) is 0 Å². The van der Waals surface area contributed by atoms with E-state index >= 15 is 0 Å². The van der Waals surface area contributed by atoms with Gasteiger partial charge in [-0.15, -0.1) is 0 Å². The van der Waals surface area contributed by atoms with Gasteiger partial charge in [0.1, 0.15) is 0 Å². The van der Waals surface area contributed by atoms with E-state index in [0.29, 0.717) is 19.2 Å². The average molecular weight is 228 g/mol. The molecular weight excluding hydrogens is 204 g/mol. The molecule has 0 aliphatic heterocycles. The smallest absolute Gasteiger partial charge is 0.208 e. The predicted octanol–water partition coefficient (Wildman–Crippen LogP) is 0.717. The zero-order valence-corrected chi connectivity index (χ0v) is 10.4. The summed E-state index contributed by atoms with van der Waals surface area (Å²) in [7, 11) is 1.68. The van der Waals surface area contributed by atoms with Gasteiger partial charge in [-0.2, -0.15) is 0 Å². The van der Waals surface area contributed by atoms with Crippen LogP contribution in [-0.2, 0) is 4.74 Å². The summed E-state index contributed by atoms with van der Waals surface area (Å²) in [5.41, 5.74) is 2.71. The Kier molecular flexibility index (Phi) is 6.18. The first-order valence-electron chi connectivity index (χ1n) is 6.10. The van der Waals surface area contributed by atoms with E-state index in [4.69, 9.17) is 10.6 Å². The first kappa shape index (κ1) is 13.3. The van der Waals surface area contributed by atoms with Crippen molar-refractivity contribution >= 4 is 5.96 Å². The van der Waals surface area contributed by atoms with E-state index in [0.717, 1.165) is 12.5 Å². The minimum absolute atomic E-state index is 0.636. The highest BCUT2D eigenvalue weighted by atomic mass is 16.5. The molecule has 0 saturated heterocycles. The largest absolute Gasteiger partial charge is 0.383 e. The van der Waals surface area contributed by atoms with E-state index in [-0.39, 0.29) is 0 Å². The van der Waals surface area contributed by atoms with Crippen LogP contribution in [0.4, 0.5) is 0 Å². The van der Waals surface area contributed by atoms with Crippen molar-refractivity contribution in [1.29, 1.82) is 0 Å². The van der Waals surface area contributed by atoms with Crippen molar-refractivity contribution in [3.05, 3.63) is 0 Å². The molecule has 0 aromatic rings. The zero-order valence-electron chi connectivity index (χ0n) is 10.4. The standard InChI is InChI=1S/C11H24N4O/c1-3-4-8-15(10-5-6-10)11(14-12)13-7-9-16-2/h10H,3-9,12H2,1-2H3,(H,13,14). The Morgan fingerprint density at radius 3 is 2.81 bits per heavy atom. The highest BCUT2D eigenvalue weighted by molar-refractivity contribution is 5.80. The van der Waals surface area contributed by atoms with Crippen molar-refractivity contribution in [3.8, 4) is 0 Å². The Bertz CT molecular complexity index is 216.